The summed E-state index contributed by atoms with van der Waals surface area (Å²) in [6.07, 6.45) is -0.959. The molecule has 0 saturated carbocycles. The Morgan fingerprint density at radius 2 is 2.05 bits per heavy atom. The normalized spacial score (nSPS) is 14.7. The van der Waals surface area contributed by atoms with E-state index in [4.69, 9.17) is 0 Å². The van der Waals surface area contributed by atoms with Crippen LogP contribution in [0.3, 0.4) is 0 Å². The molecule has 3 nitrogen and oxygen atoms in total. The van der Waals surface area contributed by atoms with Crippen molar-refractivity contribution >= 4 is 17.1 Å². The van der Waals surface area contributed by atoms with Crippen LogP contribution in [0.4, 0.5) is 30.2 Å². The lowest BCUT2D eigenvalue weighted by Gasteiger charge is -2.32. The third-order valence-electron chi connectivity index (χ3n) is 3.22. The van der Waals surface area contributed by atoms with Gasteiger partial charge in [0, 0.05) is 19.3 Å². The number of nitrogens with one attached hydrogen (secondary N) is 1. The average molecular weight is 279 g/mol. The van der Waals surface area contributed by atoms with E-state index in [9.17, 15) is 13.2 Å². The van der Waals surface area contributed by atoms with Gasteiger partial charge < -0.3 is 10.2 Å². The molecule has 1 N–H and O–H groups in total. The number of benzene rings is 1. The van der Waals surface area contributed by atoms with Crippen LogP contribution in [0.2, 0.25) is 0 Å². The lowest BCUT2D eigenvalue weighted by atomic mass is 10.1. The summed E-state index contributed by atoms with van der Waals surface area (Å²) < 4.78 is 38.2. The molecule has 0 amide bonds. The Bertz CT molecular complexity index is 611. The largest absolute Gasteiger partial charge is 0.416 e. The second-order valence-electron chi connectivity index (χ2n) is 4.52. The van der Waals surface area contributed by atoms with Crippen molar-refractivity contribution in [3.05, 3.63) is 48.3 Å². The van der Waals surface area contributed by atoms with Gasteiger partial charge in [0.15, 0.2) is 0 Å². The number of rotatable bonds is 1. The third kappa shape index (κ3) is 2.29. The molecule has 0 bridgehead atoms. The number of nitrogens with zero attached hydrogens (tertiary/aromatic N) is 2. The minimum absolute atomic E-state index is 0.495. The molecule has 0 spiro atoms. The summed E-state index contributed by atoms with van der Waals surface area (Å²) in [5.74, 6) is 0. The van der Waals surface area contributed by atoms with E-state index in [0.717, 1.165) is 23.5 Å². The van der Waals surface area contributed by atoms with E-state index < -0.39 is 11.7 Å². The van der Waals surface area contributed by atoms with Crippen LogP contribution in [-0.4, -0.2) is 18.1 Å². The van der Waals surface area contributed by atoms with E-state index in [1.807, 2.05) is 11.0 Å². The molecule has 1 aromatic heterocycles. The number of alkyl halides is 3. The first-order valence-electron chi connectivity index (χ1n) is 6.18. The van der Waals surface area contributed by atoms with Gasteiger partial charge in [-0.25, -0.2) is 0 Å². The van der Waals surface area contributed by atoms with Crippen molar-refractivity contribution in [2.24, 2.45) is 0 Å². The van der Waals surface area contributed by atoms with Crippen LogP contribution < -0.4 is 10.2 Å². The number of pyridine rings is 1. The van der Waals surface area contributed by atoms with Crippen molar-refractivity contribution in [2.45, 2.75) is 6.18 Å². The summed E-state index contributed by atoms with van der Waals surface area (Å²) in [7, 11) is 0. The molecular formula is C14H12F3N3. The number of fused-ring (bicyclic) bond motifs is 1. The minimum atomic E-state index is -4.33. The van der Waals surface area contributed by atoms with E-state index in [0.29, 0.717) is 18.8 Å². The lowest BCUT2D eigenvalue weighted by molar-refractivity contribution is -0.137. The predicted octanol–water partition coefficient (Wildman–Crippen LogP) is 3.66. The molecule has 0 radical (unpaired) electrons. The molecule has 104 valence electrons. The molecule has 3 rings (SSSR count). The minimum Gasteiger partial charge on any atom is -0.382 e. The molecule has 1 aromatic carbocycles. The monoisotopic (exact) mass is 279 g/mol. The Morgan fingerprint density at radius 1 is 1.20 bits per heavy atom. The SMILES string of the molecule is FC(F)(F)c1ccc2c(c1)NCCN2c1cccnc1. The fourth-order valence-electron chi connectivity index (χ4n) is 2.29. The summed E-state index contributed by atoms with van der Waals surface area (Å²) >= 11 is 0. The van der Waals surface area contributed by atoms with Gasteiger partial charge >= 0.3 is 6.18 Å². The lowest BCUT2D eigenvalue weighted by Crippen LogP contribution is -2.30. The van der Waals surface area contributed by atoms with E-state index in [2.05, 4.69) is 10.3 Å². The van der Waals surface area contributed by atoms with Gasteiger partial charge in [0.2, 0.25) is 0 Å². The van der Waals surface area contributed by atoms with Crippen LogP contribution in [0.15, 0.2) is 42.7 Å². The number of hydrogen-bond donors (Lipinski definition) is 1. The highest BCUT2D eigenvalue weighted by molar-refractivity contribution is 5.78. The molecule has 0 fully saturated rings. The number of hydrogen-bond acceptors (Lipinski definition) is 3. The maximum absolute atomic E-state index is 12.7. The Balaban J connectivity index is 2.02. The topological polar surface area (TPSA) is 28.2 Å². The smallest absolute Gasteiger partial charge is 0.382 e. The van der Waals surface area contributed by atoms with Crippen LogP contribution in [0.1, 0.15) is 5.56 Å². The van der Waals surface area contributed by atoms with Crippen LogP contribution in [0, 0.1) is 0 Å². The van der Waals surface area contributed by atoms with Crippen LogP contribution in [0.5, 0.6) is 0 Å². The fraction of sp³-hybridized carbons (Fsp3) is 0.214. The molecule has 0 aliphatic carbocycles. The van der Waals surface area contributed by atoms with Crippen LogP contribution in [-0.2, 0) is 6.18 Å². The quantitative estimate of drug-likeness (QED) is 0.863. The molecule has 1 aliphatic rings. The van der Waals surface area contributed by atoms with Crippen LogP contribution >= 0.6 is 0 Å². The maximum Gasteiger partial charge on any atom is 0.416 e. The first-order valence-corrected chi connectivity index (χ1v) is 6.18. The van der Waals surface area contributed by atoms with Gasteiger partial charge in [0.05, 0.1) is 28.8 Å². The van der Waals surface area contributed by atoms with E-state index in [1.54, 1.807) is 18.5 Å². The summed E-state index contributed by atoms with van der Waals surface area (Å²) in [6.45, 7) is 1.27. The number of aromatic nitrogens is 1. The highest BCUT2D eigenvalue weighted by Crippen LogP contribution is 2.38. The second-order valence-corrected chi connectivity index (χ2v) is 4.52. The van der Waals surface area contributed by atoms with Crippen molar-refractivity contribution in [3.63, 3.8) is 0 Å². The third-order valence-corrected chi connectivity index (χ3v) is 3.22. The zero-order valence-corrected chi connectivity index (χ0v) is 10.5. The number of halogens is 3. The highest BCUT2D eigenvalue weighted by atomic mass is 19.4. The molecule has 6 heteroatoms. The molecule has 20 heavy (non-hydrogen) atoms. The van der Waals surface area contributed by atoms with Crippen molar-refractivity contribution in [3.8, 4) is 0 Å². The summed E-state index contributed by atoms with van der Waals surface area (Å²) in [6, 6.07) is 7.45. The van der Waals surface area contributed by atoms with E-state index in [1.165, 1.54) is 6.07 Å². The molecular weight excluding hydrogens is 267 g/mol. The molecule has 1 aliphatic heterocycles. The first-order chi connectivity index (χ1) is 9.55. The maximum atomic E-state index is 12.7. The summed E-state index contributed by atoms with van der Waals surface area (Å²) in [4.78, 5) is 6.00. The van der Waals surface area contributed by atoms with Crippen LogP contribution in [0.25, 0.3) is 0 Å². The zero-order chi connectivity index (χ0) is 14.2. The first kappa shape index (κ1) is 12.8. The van der Waals surface area contributed by atoms with Crippen molar-refractivity contribution in [1.29, 1.82) is 0 Å². The summed E-state index contributed by atoms with van der Waals surface area (Å²) in [5, 5.41) is 3.01. The van der Waals surface area contributed by atoms with Gasteiger partial charge in [-0.15, -0.1) is 0 Å². The van der Waals surface area contributed by atoms with Gasteiger partial charge in [0.1, 0.15) is 0 Å². The molecule has 2 heterocycles. The van der Waals surface area contributed by atoms with Gasteiger partial charge in [-0.1, -0.05) is 0 Å². The van der Waals surface area contributed by atoms with Gasteiger partial charge in [-0.2, -0.15) is 13.2 Å². The Hall–Kier alpha value is -2.24. The Labute approximate surface area is 114 Å². The Kier molecular flexibility index (Phi) is 3.00. The molecule has 0 saturated heterocycles. The summed E-state index contributed by atoms with van der Waals surface area (Å²) in [5.41, 5.74) is 1.46. The van der Waals surface area contributed by atoms with Gasteiger partial charge in [-0.3, -0.25) is 4.98 Å². The van der Waals surface area contributed by atoms with Crippen molar-refractivity contribution in [2.75, 3.05) is 23.3 Å². The molecule has 0 unspecified atom stereocenters. The zero-order valence-electron chi connectivity index (χ0n) is 10.5. The second kappa shape index (κ2) is 4.70. The fourth-order valence-corrected chi connectivity index (χ4v) is 2.29. The average Bonchev–Trinajstić information content (AvgIpc) is 2.46. The Morgan fingerprint density at radius 3 is 2.75 bits per heavy atom. The van der Waals surface area contributed by atoms with E-state index >= 15 is 0 Å². The van der Waals surface area contributed by atoms with Crippen molar-refractivity contribution < 1.29 is 13.2 Å². The molecule has 0 atom stereocenters. The molecule has 2 aromatic rings. The van der Waals surface area contributed by atoms with Crippen molar-refractivity contribution in [1.82, 2.24) is 4.98 Å². The van der Waals surface area contributed by atoms with Gasteiger partial charge in [0.25, 0.3) is 0 Å². The van der Waals surface area contributed by atoms with Gasteiger partial charge in [-0.05, 0) is 30.3 Å². The number of anilines is 3. The highest BCUT2D eigenvalue weighted by Gasteiger charge is 2.32. The standard InChI is InChI=1S/C14H12F3N3/c15-14(16,17)10-3-4-13-12(8-10)19-6-7-20(13)11-2-1-5-18-9-11/h1-5,8-9,19H,6-7H2. The van der Waals surface area contributed by atoms with E-state index in [-0.39, 0.29) is 0 Å². The predicted molar refractivity (Wildman–Crippen MR) is 71.2 cm³/mol.